The molecule has 0 amide bonds. The van der Waals surface area contributed by atoms with E-state index < -0.39 is 10.0 Å². The van der Waals surface area contributed by atoms with Gasteiger partial charge in [-0.3, -0.25) is 0 Å². The van der Waals surface area contributed by atoms with Gasteiger partial charge in [-0.25, -0.2) is 13.1 Å². The van der Waals surface area contributed by atoms with Crippen LogP contribution in [0.3, 0.4) is 0 Å². The molecule has 126 valence electrons. The van der Waals surface area contributed by atoms with Gasteiger partial charge in [-0.1, -0.05) is 26.0 Å². The lowest BCUT2D eigenvalue weighted by atomic mass is 10.0. The molecule has 1 atom stereocenters. The number of likely N-dealkylation sites (N-methyl/N-ethyl adjacent to an activating group) is 1. The minimum atomic E-state index is -3.50. The van der Waals surface area contributed by atoms with Gasteiger partial charge in [0, 0.05) is 12.6 Å². The molecule has 1 heterocycles. The number of rotatable bonds is 7. The van der Waals surface area contributed by atoms with Crippen LogP contribution in [-0.4, -0.2) is 34.0 Å². The van der Waals surface area contributed by atoms with Crippen LogP contribution in [-0.2, 0) is 10.0 Å². The lowest BCUT2D eigenvalue weighted by Gasteiger charge is -2.24. The maximum atomic E-state index is 12.5. The Balaban J connectivity index is 2.11. The van der Waals surface area contributed by atoms with E-state index in [0.717, 1.165) is 11.1 Å². The molecule has 0 fully saturated rings. The van der Waals surface area contributed by atoms with Crippen molar-refractivity contribution in [2.75, 3.05) is 20.6 Å². The van der Waals surface area contributed by atoms with E-state index in [2.05, 4.69) is 23.9 Å². The van der Waals surface area contributed by atoms with Crippen LogP contribution < -0.4 is 4.72 Å². The van der Waals surface area contributed by atoms with E-state index in [4.69, 9.17) is 0 Å². The quantitative estimate of drug-likeness (QED) is 0.830. The highest BCUT2D eigenvalue weighted by molar-refractivity contribution is 7.89. The fraction of sp³-hybridized carbons (Fsp3) is 0.412. The van der Waals surface area contributed by atoms with Gasteiger partial charge in [0.05, 0.1) is 4.90 Å². The van der Waals surface area contributed by atoms with E-state index in [0.29, 0.717) is 17.4 Å². The van der Waals surface area contributed by atoms with E-state index in [-0.39, 0.29) is 6.04 Å². The predicted molar refractivity (Wildman–Crippen MR) is 96.5 cm³/mol. The van der Waals surface area contributed by atoms with E-state index in [9.17, 15) is 8.42 Å². The molecule has 2 rings (SSSR count). The van der Waals surface area contributed by atoms with Crippen molar-refractivity contribution < 1.29 is 8.42 Å². The number of sulfonamides is 1. The Morgan fingerprint density at radius 2 is 1.74 bits per heavy atom. The van der Waals surface area contributed by atoms with Gasteiger partial charge >= 0.3 is 0 Å². The summed E-state index contributed by atoms with van der Waals surface area (Å²) in [5.41, 5.74) is 2.26. The predicted octanol–water partition coefficient (Wildman–Crippen LogP) is 3.45. The summed E-state index contributed by atoms with van der Waals surface area (Å²) in [5, 5.41) is 4.06. The molecule has 0 aliphatic heterocycles. The normalized spacial score (nSPS) is 13.7. The Morgan fingerprint density at radius 3 is 2.22 bits per heavy atom. The first kappa shape index (κ1) is 18.1. The van der Waals surface area contributed by atoms with Crippen molar-refractivity contribution in [1.82, 2.24) is 9.62 Å². The van der Waals surface area contributed by atoms with Crippen molar-refractivity contribution in [3.63, 3.8) is 0 Å². The summed E-state index contributed by atoms with van der Waals surface area (Å²) in [6, 6.07) is 9.15. The van der Waals surface area contributed by atoms with Gasteiger partial charge in [-0.15, -0.1) is 0 Å². The van der Waals surface area contributed by atoms with E-state index in [1.54, 1.807) is 23.5 Å². The third kappa shape index (κ3) is 4.64. The first-order valence-electron chi connectivity index (χ1n) is 7.59. The second-order valence-corrected chi connectivity index (χ2v) is 8.66. The second-order valence-electron chi connectivity index (χ2n) is 6.11. The van der Waals surface area contributed by atoms with Crippen LogP contribution in [0.15, 0.2) is 46.0 Å². The van der Waals surface area contributed by atoms with E-state index in [1.165, 1.54) is 0 Å². The van der Waals surface area contributed by atoms with Gasteiger partial charge < -0.3 is 4.90 Å². The zero-order valence-electron chi connectivity index (χ0n) is 14.0. The van der Waals surface area contributed by atoms with Crippen LogP contribution >= 0.6 is 11.3 Å². The second kappa shape index (κ2) is 7.57. The highest BCUT2D eigenvalue weighted by Gasteiger charge is 2.20. The summed E-state index contributed by atoms with van der Waals surface area (Å²) >= 11 is 1.62. The number of hydrogen-bond donors (Lipinski definition) is 1. The maximum Gasteiger partial charge on any atom is 0.240 e. The molecule has 0 spiro atoms. The first-order valence-corrected chi connectivity index (χ1v) is 10.0. The average Bonchev–Trinajstić information content (AvgIpc) is 3.01. The maximum absolute atomic E-state index is 12.5. The lowest BCUT2D eigenvalue weighted by molar-refractivity contribution is 0.300. The summed E-state index contributed by atoms with van der Waals surface area (Å²) in [4.78, 5) is 2.33. The van der Waals surface area contributed by atoms with Gasteiger partial charge in [0.1, 0.15) is 0 Å². The SMILES string of the molecule is CC(C)c1ccc(S(=O)(=O)NC[C@@H](c2ccsc2)N(C)C)cc1. The van der Waals surface area contributed by atoms with E-state index >= 15 is 0 Å². The summed E-state index contributed by atoms with van der Waals surface area (Å²) < 4.78 is 27.7. The molecule has 0 aliphatic carbocycles. The van der Waals surface area contributed by atoms with Crippen LogP contribution in [0.1, 0.15) is 36.9 Å². The minimum Gasteiger partial charge on any atom is -0.301 e. The van der Waals surface area contributed by atoms with E-state index in [1.807, 2.05) is 42.6 Å². The summed E-state index contributed by atoms with van der Waals surface area (Å²) in [6.07, 6.45) is 0. The Morgan fingerprint density at radius 1 is 1.09 bits per heavy atom. The molecule has 1 N–H and O–H groups in total. The van der Waals surface area contributed by atoms with Gasteiger partial charge in [0.2, 0.25) is 10.0 Å². The van der Waals surface area contributed by atoms with Crippen LogP contribution in [0.5, 0.6) is 0 Å². The zero-order chi connectivity index (χ0) is 17.0. The van der Waals surface area contributed by atoms with Crippen LogP contribution in [0.25, 0.3) is 0 Å². The van der Waals surface area contributed by atoms with Crippen LogP contribution in [0.4, 0.5) is 0 Å². The summed E-state index contributed by atoms with van der Waals surface area (Å²) in [6.45, 7) is 4.52. The number of nitrogens with one attached hydrogen (secondary N) is 1. The molecule has 6 heteroatoms. The molecule has 0 aliphatic rings. The monoisotopic (exact) mass is 352 g/mol. The van der Waals surface area contributed by atoms with Crippen molar-refractivity contribution >= 4 is 21.4 Å². The number of thiophene rings is 1. The molecular formula is C17H24N2O2S2. The average molecular weight is 353 g/mol. The fourth-order valence-corrected chi connectivity index (χ4v) is 4.11. The Hall–Kier alpha value is -1.21. The minimum absolute atomic E-state index is 0.0194. The molecule has 0 bridgehead atoms. The Kier molecular flexibility index (Phi) is 5.97. The molecule has 0 saturated heterocycles. The summed E-state index contributed by atoms with van der Waals surface area (Å²) in [7, 11) is 0.409. The molecule has 1 aromatic carbocycles. The number of nitrogens with zero attached hydrogens (tertiary/aromatic N) is 1. The van der Waals surface area contributed by atoms with Gasteiger partial charge in [0.25, 0.3) is 0 Å². The topological polar surface area (TPSA) is 49.4 Å². The van der Waals surface area contributed by atoms with Gasteiger partial charge in [-0.05, 0) is 60.1 Å². The highest BCUT2D eigenvalue weighted by atomic mass is 32.2. The lowest BCUT2D eigenvalue weighted by Crippen LogP contribution is -2.34. The first-order chi connectivity index (χ1) is 10.8. The van der Waals surface area contributed by atoms with Crippen molar-refractivity contribution in [1.29, 1.82) is 0 Å². The standard InChI is InChI=1S/C17H24N2O2S2/c1-13(2)14-5-7-16(8-6-14)23(20,21)18-11-17(19(3)4)15-9-10-22-12-15/h5-10,12-13,17-18H,11H2,1-4H3/t17-/m0/s1. The molecule has 2 aromatic rings. The molecule has 0 saturated carbocycles. The molecule has 4 nitrogen and oxygen atoms in total. The summed E-state index contributed by atoms with van der Waals surface area (Å²) in [5.74, 6) is 0.386. The highest BCUT2D eigenvalue weighted by Crippen LogP contribution is 2.21. The largest absolute Gasteiger partial charge is 0.301 e. The third-order valence-corrected chi connectivity index (χ3v) is 6.02. The Labute approximate surface area is 143 Å². The van der Waals surface area contributed by atoms with Crippen LogP contribution in [0, 0.1) is 0 Å². The van der Waals surface area contributed by atoms with Gasteiger partial charge in [-0.2, -0.15) is 11.3 Å². The van der Waals surface area contributed by atoms with Crippen molar-refractivity contribution in [3.8, 4) is 0 Å². The fourth-order valence-electron chi connectivity index (χ4n) is 2.37. The molecule has 23 heavy (non-hydrogen) atoms. The van der Waals surface area contributed by atoms with Crippen molar-refractivity contribution in [2.45, 2.75) is 30.7 Å². The van der Waals surface area contributed by atoms with Crippen LogP contribution in [0.2, 0.25) is 0 Å². The molecule has 0 radical (unpaired) electrons. The van der Waals surface area contributed by atoms with Crippen molar-refractivity contribution in [3.05, 3.63) is 52.2 Å². The smallest absolute Gasteiger partial charge is 0.240 e. The Bertz CT molecular complexity index is 706. The molecular weight excluding hydrogens is 328 g/mol. The third-order valence-electron chi connectivity index (χ3n) is 3.88. The molecule has 0 unspecified atom stereocenters. The van der Waals surface area contributed by atoms with Crippen molar-refractivity contribution in [2.24, 2.45) is 0 Å². The zero-order valence-corrected chi connectivity index (χ0v) is 15.6. The number of hydrogen-bond acceptors (Lipinski definition) is 4. The number of benzene rings is 1. The molecule has 1 aromatic heterocycles. The van der Waals surface area contributed by atoms with Gasteiger partial charge in [0.15, 0.2) is 0 Å².